The fraction of sp³-hybridized carbons (Fsp3) is 0.333. The van der Waals surface area contributed by atoms with Crippen molar-refractivity contribution in [2.75, 3.05) is 7.11 Å². The summed E-state index contributed by atoms with van der Waals surface area (Å²) in [5, 5.41) is 2.42. The molecule has 2 nitrogen and oxygen atoms in total. The maximum absolute atomic E-state index is 6.27. The Bertz CT molecular complexity index is 513. The van der Waals surface area contributed by atoms with Crippen molar-refractivity contribution in [3.63, 3.8) is 0 Å². The lowest BCUT2D eigenvalue weighted by atomic mass is 9.95. The number of nitrogens with two attached hydrogens (primary N) is 1. The SMILES string of the molecule is CCC[C@H](N)c1c(OC)ccc2ccccc12.Cl. The molecule has 2 N–H and O–H groups in total. The summed E-state index contributed by atoms with van der Waals surface area (Å²) in [5.41, 5.74) is 7.40. The minimum absolute atomic E-state index is 0. The van der Waals surface area contributed by atoms with E-state index < -0.39 is 0 Å². The Kier molecular flexibility index (Phi) is 5.45. The standard InChI is InChI=1S/C15H19NO.ClH/c1-3-6-13(16)15-12-8-5-4-7-11(12)9-10-14(15)17-2;/h4-5,7-10,13H,3,6,16H2,1-2H3;1H/t13-;/m0./s1. The Labute approximate surface area is 115 Å². The molecule has 98 valence electrons. The summed E-state index contributed by atoms with van der Waals surface area (Å²) in [4.78, 5) is 0. The third-order valence-electron chi connectivity index (χ3n) is 3.12. The molecule has 2 rings (SSSR count). The van der Waals surface area contributed by atoms with Crippen LogP contribution >= 0.6 is 12.4 Å². The highest BCUT2D eigenvalue weighted by molar-refractivity contribution is 5.88. The first-order valence-corrected chi connectivity index (χ1v) is 6.09. The molecule has 0 unspecified atom stereocenters. The van der Waals surface area contributed by atoms with E-state index in [1.165, 1.54) is 10.8 Å². The van der Waals surface area contributed by atoms with Gasteiger partial charge in [-0.3, -0.25) is 0 Å². The first-order valence-electron chi connectivity index (χ1n) is 6.09. The largest absolute Gasteiger partial charge is 0.496 e. The molecule has 0 saturated heterocycles. The van der Waals surface area contributed by atoms with Crippen LogP contribution < -0.4 is 10.5 Å². The number of ether oxygens (including phenoxy) is 1. The quantitative estimate of drug-likeness (QED) is 0.904. The maximum atomic E-state index is 6.27. The van der Waals surface area contributed by atoms with Gasteiger partial charge in [0.1, 0.15) is 5.75 Å². The summed E-state index contributed by atoms with van der Waals surface area (Å²) < 4.78 is 5.44. The van der Waals surface area contributed by atoms with Crippen molar-refractivity contribution in [1.82, 2.24) is 0 Å². The number of benzene rings is 2. The zero-order chi connectivity index (χ0) is 12.3. The topological polar surface area (TPSA) is 35.2 Å². The Morgan fingerprint density at radius 2 is 1.89 bits per heavy atom. The predicted molar refractivity (Wildman–Crippen MR) is 79.6 cm³/mol. The summed E-state index contributed by atoms with van der Waals surface area (Å²) in [6.07, 6.45) is 2.05. The molecule has 0 aromatic heterocycles. The minimum Gasteiger partial charge on any atom is -0.496 e. The zero-order valence-electron chi connectivity index (χ0n) is 10.8. The van der Waals surface area contributed by atoms with Gasteiger partial charge < -0.3 is 10.5 Å². The van der Waals surface area contributed by atoms with E-state index in [4.69, 9.17) is 10.5 Å². The van der Waals surface area contributed by atoms with Gasteiger partial charge >= 0.3 is 0 Å². The minimum atomic E-state index is 0. The smallest absolute Gasteiger partial charge is 0.124 e. The summed E-state index contributed by atoms with van der Waals surface area (Å²) in [7, 11) is 1.70. The molecular weight excluding hydrogens is 246 g/mol. The normalized spacial score (nSPS) is 11.9. The van der Waals surface area contributed by atoms with E-state index in [1.807, 2.05) is 18.2 Å². The van der Waals surface area contributed by atoms with Gasteiger partial charge in [0.15, 0.2) is 0 Å². The second-order valence-electron chi connectivity index (χ2n) is 4.30. The molecule has 0 aliphatic carbocycles. The molecule has 3 heteroatoms. The molecule has 0 bridgehead atoms. The third-order valence-corrected chi connectivity index (χ3v) is 3.12. The third kappa shape index (κ3) is 2.77. The Balaban J connectivity index is 0.00000162. The molecule has 2 aromatic carbocycles. The van der Waals surface area contributed by atoms with Crippen molar-refractivity contribution >= 4 is 23.2 Å². The molecular formula is C15H20ClNO. The first-order chi connectivity index (χ1) is 8.27. The second kappa shape index (κ2) is 6.62. The van der Waals surface area contributed by atoms with E-state index in [1.54, 1.807) is 7.11 Å². The van der Waals surface area contributed by atoms with E-state index in [2.05, 4.69) is 25.1 Å². The van der Waals surface area contributed by atoms with Gasteiger partial charge in [0.25, 0.3) is 0 Å². The first kappa shape index (κ1) is 14.8. The van der Waals surface area contributed by atoms with Crippen LogP contribution in [0.2, 0.25) is 0 Å². The van der Waals surface area contributed by atoms with Gasteiger partial charge in [-0.05, 0) is 23.3 Å². The van der Waals surface area contributed by atoms with E-state index in [-0.39, 0.29) is 18.4 Å². The summed E-state index contributed by atoms with van der Waals surface area (Å²) in [6.45, 7) is 2.15. The van der Waals surface area contributed by atoms with Crippen LogP contribution in [0.15, 0.2) is 36.4 Å². The average molecular weight is 266 g/mol. The molecule has 0 fully saturated rings. The molecule has 0 heterocycles. The molecule has 0 aliphatic rings. The van der Waals surface area contributed by atoms with E-state index in [0.29, 0.717) is 0 Å². The number of hydrogen-bond acceptors (Lipinski definition) is 2. The summed E-state index contributed by atoms with van der Waals surface area (Å²) >= 11 is 0. The number of methoxy groups -OCH3 is 1. The van der Waals surface area contributed by atoms with Gasteiger partial charge in [0.2, 0.25) is 0 Å². The van der Waals surface area contributed by atoms with E-state index in [9.17, 15) is 0 Å². The molecule has 0 spiro atoms. The highest BCUT2D eigenvalue weighted by atomic mass is 35.5. The van der Waals surface area contributed by atoms with Gasteiger partial charge in [-0.25, -0.2) is 0 Å². The van der Waals surface area contributed by atoms with Crippen molar-refractivity contribution < 1.29 is 4.74 Å². The maximum Gasteiger partial charge on any atom is 0.124 e. The molecule has 0 radical (unpaired) electrons. The van der Waals surface area contributed by atoms with Crippen molar-refractivity contribution in [1.29, 1.82) is 0 Å². The van der Waals surface area contributed by atoms with Crippen LogP contribution in [0.25, 0.3) is 10.8 Å². The molecule has 0 aliphatic heterocycles. The van der Waals surface area contributed by atoms with Crippen molar-refractivity contribution in [2.45, 2.75) is 25.8 Å². The van der Waals surface area contributed by atoms with Gasteiger partial charge in [-0.2, -0.15) is 0 Å². The fourth-order valence-electron chi connectivity index (χ4n) is 2.29. The summed E-state index contributed by atoms with van der Waals surface area (Å²) in [5.74, 6) is 0.893. The van der Waals surface area contributed by atoms with Crippen LogP contribution in [0.4, 0.5) is 0 Å². The van der Waals surface area contributed by atoms with Crippen LogP contribution in [0.1, 0.15) is 31.4 Å². The lowest BCUT2D eigenvalue weighted by Gasteiger charge is -2.17. The van der Waals surface area contributed by atoms with Crippen LogP contribution in [0.5, 0.6) is 5.75 Å². The van der Waals surface area contributed by atoms with Gasteiger partial charge in [0, 0.05) is 11.6 Å². The Morgan fingerprint density at radius 3 is 2.56 bits per heavy atom. The summed E-state index contributed by atoms with van der Waals surface area (Å²) in [6, 6.07) is 12.4. The fourth-order valence-corrected chi connectivity index (χ4v) is 2.29. The predicted octanol–water partition coefficient (Wildman–Crippen LogP) is 4.07. The van der Waals surface area contributed by atoms with Gasteiger partial charge in [-0.1, -0.05) is 43.7 Å². The van der Waals surface area contributed by atoms with Crippen LogP contribution in [0.3, 0.4) is 0 Å². The molecule has 1 atom stereocenters. The van der Waals surface area contributed by atoms with Gasteiger partial charge in [-0.15, -0.1) is 12.4 Å². The molecule has 18 heavy (non-hydrogen) atoms. The average Bonchev–Trinajstić information content (AvgIpc) is 2.37. The lowest BCUT2D eigenvalue weighted by Crippen LogP contribution is -2.11. The lowest BCUT2D eigenvalue weighted by molar-refractivity contribution is 0.405. The van der Waals surface area contributed by atoms with E-state index >= 15 is 0 Å². The Morgan fingerprint density at radius 1 is 1.17 bits per heavy atom. The number of hydrogen-bond donors (Lipinski definition) is 1. The molecule has 0 amide bonds. The van der Waals surface area contributed by atoms with Crippen molar-refractivity contribution in [2.24, 2.45) is 5.73 Å². The molecule has 0 saturated carbocycles. The number of fused-ring (bicyclic) bond motifs is 1. The molecule has 2 aromatic rings. The van der Waals surface area contributed by atoms with Crippen LogP contribution in [0, 0.1) is 0 Å². The van der Waals surface area contributed by atoms with Crippen LogP contribution in [-0.2, 0) is 0 Å². The zero-order valence-corrected chi connectivity index (χ0v) is 11.7. The van der Waals surface area contributed by atoms with Crippen molar-refractivity contribution in [3.05, 3.63) is 42.0 Å². The highest BCUT2D eigenvalue weighted by Gasteiger charge is 2.14. The van der Waals surface area contributed by atoms with E-state index in [0.717, 1.165) is 24.2 Å². The second-order valence-corrected chi connectivity index (χ2v) is 4.30. The number of rotatable bonds is 4. The van der Waals surface area contributed by atoms with Crippen LogP contribution in [-0.4, -0.2) is 7.11 Å². The Hall–Kier alpha value is -1.25. The van der Waals surface area contributed by atoms with Crippen molar-refractivity contribution in [3.8, 4) is 5.75 Å². The van der Waals surface area contributed by atoms with Gasteiger partial charge in [0.05, 0.1) is 7.11 Å². The number of halogens is 1. The highest BCUT2D eigenvalue weighted by Crippen LogP contribution is 2.33. The monoisotopic (exact) mass is 265 g/mol.